The lowest BCUT2D eigenvalue weighted by atomic mass is 10.3. The van der Waals surface area contributed by atoms with E-state index in [1.807, 2.05) is 6.92 Å². The van der Waals surface area contributed by atoms with Gasteiger partial charge in [-0.2, -0.15) is 0 Å². The predicted octanol–water partition coefficient (Wildman–Crippen LogP) is 0.508. The highest BCUT2D eigenvalue weighted by molar-refractivity contribution is 5.92. The zero-order valence-electron chi connectivity index (χ0n) is 9.39. The molecule has 88 valence electrons. The summed E-state index contributed by atoms with van der Waals surface area (Å²) >= 11 is 0. The van der Waals surface area contributed by atoms with Crippen molar-refractivity contribution in [3.05, 3.63) is 24.0 Å². The number of nitrogens with two attached hydrogens (primary N) is 1. The van der Waals surface area contributed by atoms with E-state index in [4.69, 9.17) is 10.8 Å². The highest BCUT2D eigenvalue weighted by atomic mass is 16.3. The molecule has 5 heteroatoms. The number of aromatic nitrogens is 1. The Morgan fingerprint density at radius 2 is 2.31 bits per heavy atom. The maximum atomic E-state index is 11.9. The molecule has 0 fully saturated rings. The van der Waals surface area contributed by atoms with Crippen LogP contribution >= 0.6 is 0 Å². The number of nitrogen functional groups attached to an aromatic ring is 1. The molecule has 1 amide bonds. The predicted molar refractivity (Wildman–Crippen MR) is 61.9 cm³/mol. The maximum absolute atomic E-state index is 11.9. The van der Waals surface area contributed by atoms with Gasteiger partial charge in [0.15, 0.2) is 0 Å². The van der Waals surface area contributed by atoms with Crippen LogP contribution in [0.4, 0.5) is 5.69 Å². The van der Waals surface area contributed by atoms with Gasteiger partial charge in [-0.3, -0.25) is 4.79 Å². The first kappa shape index (κ1) is 12.4. The van der Waals surface area contributed by atoms with Crippen molar-refractivity contribution < 1.29 is 9.90 Å². The summed E-state index contributed by atoms with van der Waals surface area (Å²) in [5.41, 5.74) is 6.42. The normalized spacial score (nSPS) is 10.1. The van der Waals surface area contributed by atoms with Crippen molar-refractivity contribution in [2.24, 2.45) is 0 Å². The molecule has 16 heavy (non-hydrogen) atoms. The second-order valence-electron chi connectivity index (χ2n) is 3.44. The van der Waals surface area contributed by atoms with Crippen LogP contribution < -0.4 is 5.73 Å². The summed E-state index contributed by atoms with van der Waals surface area (Å²) in [6, 6.07) is 3.26. The minimum Gasteiger partial charge on any atom is -0.397 e. The van der Waals surface area contributed by atoms with E-state index in [1.54, 1.807) is 17.0 Å². The number of anilines is 1. The van der Waals surface area contributed by atoms with E-state index in [1.165, 1.54) is 6.20 Å². The highest BCUT2D eigenvalue weighted by Gasteiger charge is 2.14. The van der Waals surface area contributed by atoms with Gasteiger partial charge in [0, 0.05) is 19.7 Å². The zero-order valence-corrected chi connectivity index (χ0v) is 9.39. The lowest BCUT2D eigenvalue weighted by molar-refractivity contribution is 0.0748. The second-order valence-corrected chi connectivity index (χ2v) is 3.44. The van der Waals surface area contributed by atoms with Crippen LogP contribution in [0.1, 0.15) is 23.8 Å². The molecule has 0 saturated carbocycles. The molecule has 0 saturated heterocycles. The molecule has 0 bridgehead atoms. The summed E-state index contributed by atoms with van der Waals surface area (Å²) in [6.07, 6.45) is 2.04. The number of pyridine rings is 1. The Morgan fingerprint density at radius 3 is 2.81 bits per heavy atom. The Kier molecular flexibility index (Phi) is 4.72. The van der Waals surface area contributed by atoms with Crippen LogP contribution in [0.25, 0.3) is 0 Å². The van der Waals surface area contributed by atoms with Crippen LogP contribution in [0, 0.1) is 0 Å². The Labute approximate surface area is 94.9 Å². The number of aliphatic hydroxyl groups excluding tert-OH is 1. The van der Waals surface area contributed by atoms with E-state index in [9.17, 15) is 4.79 Å². The van der Waals surface area contributed by atoms with Crippen LogP contribution in [0.15, 0.2) is 18.3 Å². The minimum absolute atomic E-state index is 0.0823. The number of hydrogen-bond donors (Lipinski definition) is 2. The van der Waals surface area contributed by atoms with Crippen molar-refractivity contribution in [1.29, 1.82) is 0 Å². The van der Waals surface area contributed by atoms with Gasteiger partial charge < -0.3 is 15.7 Å². The molecule has 0 spiro atoms. The number of carbonyl (C=O) groups is 1. The second kappa shape index (κ2) is 6.07. The van der Waals surface area contributed by atoms with E-state index in [0.717, 1.165) is 0 Å². The Morgan fingerprint density at radius 1 is 1.56 bits per heavy atom. The van der Waals surface area contributed by atoms with Gasteiger partial charge in [-0.1, -0.05) is 0 Å². The standard InChI is InChI=1S/C11H17N3O2/c1-2-14(6-3-7-15)11(16)10-5-4-9(12)8-13-10/h4-5,8,15H,2-3,6-7,12H2,1H3. The molecule has 1 heterocycles. The van der Waals surface area contributed by atoms with Crippen LogP contribution in [-0.4, -0.2) is 40.6 Å². The van der Waals surface area contributed by atoms with Gasteiger partial charge in [0.2, 0.25) is 0 Å². The summed E-state index contributed by atoms with van der Waals surface area (Å²) < 4.78 is 0. The van der Waals surface area contributed by atoms with Gasteiger partial charge >= 0.3 is 0 Å². The molecule has 0 atom stereocenters. The van der Waals surface area contributed by atoms with Crippen LogP contribution in [0.5, 0.6) is 0 Å². The fraction of sp³-hybridized carbons (Fsp3) is 0.455. The number of nitrogens with zero attached hydrogens (tertiary/aromatic N) is 2. The maximum Gasteiger partial charge on any atom is 0.272 e. The number of amides is 1. The molecular formula is C11H17N3O2. The fourth-order valence-electron chi connectivity index (χ4n) is 1.36. The average Bonchev–Trinajstić information content (AvgIpc) is 2.30. The van der Waals surface area contributed by atoms with Crippen molar-refractivity contribution in [3.63, 3.8) is 0 Å². The van der Waals surface area contributed by atoms with Crippen molar-refractivity contribution in [3.8, 4) is 0 Å². The van der Waals surface area contributed by atoms with Gasteiger partial charge in [0.1, 0.15) is 5.69 Å². The minimum atomic E-state index is -0.129. The van der Waals surface area contributed by atoms with Crippen molar-refractivity contribution in [1.82, 2.24) is 9.88 Å². The van der Waals surface area contributed by atoms with Crippen LogP contribution in [-0.2, 0) is 0 Å². The Hall–Kier alpha value is -1.62. The molecule has 0 aliphatic rings. The average molecular weight is 223 g/mol. The molecule has 1 aromatic heterocycles. The molecule has 5 nitrogen and oxygen atoms in total. The smallest absolute Gasteiger partial charge is 0.272 e. The SMILES string of the molecule is CCN(CCCO)C(=O)c1ccc(N)cn1. The third-order valence-corrected chi connectivity index (χ3v) is 2.26. The van der Waals surface area contributed by atoms with Gasteiger partial charge in [0.05, 0.1) is 11.9 Å². The summed E-state index contributed by atoms with van der Waals surface area (Å²) in [4.78, 5) is 17.6. The molecule has 0 aliphatic heterocycles. The molecule has 0 unspecified atom stereocenters. The van der Waals surface area contributed by atoms with E-state index < -0.39 is 0 Å². The van der Waals surface area contributed by atoms with Gasteiger partial charge in [-0.05, 0) is 25.5 Å². The summed E-state index contributed by atoms with van der Waals surface area (Å²) in [7, 11) is 0. The third kappa shape index (κ3) is 3.20. The molecule has 1 rings (SSSR count). The monoisotopic (exact) mass is 223 g/mol. The number of carbonyl (C=O) groups excluding carboxylic acids is 1. The number of rotatable bonds is 5. The first-order chi connectivity index (χ1) is 7.69. The largest absolute Gasteiger partial charge is 0.397 e. The number of hydrogen-bond acceptors (Lipinski definition) is 4. The van der Waals surface area contributed by atoms with Crippen molar-refractivity contribution in [2.45, 2.75) is 13.3 Å². The highest BCUT2D eigenvalue weighted by Crippen LogP contribution is 2.05. The molecule has 1 aromatic rings. The van der Waals surface area contributed by atoms with Gasteiger partial charge in [-0.15, -0.1) is 0 Å². The molecule has 0 radical (unpaired) electrons. The topological polar surface area (TPSA) is 79.5 Å². The van der Waals surface area contributed by atoms with Crippen LogP contribution in [0.2, 0.25) is 0 Å². The van der Waals surface area contributed by atoms with Crippen molar-refractivity contribution >= 4 is 11.6 Å². The molecule has 3 N–H and O–H groups in total. The fourth-order valence-corrected chi connectivity index (χ4v) is 1.36. The quantitative estimate of drug-likeness (QED) is 0.762. The van der Waals surface area contributed by atoms with Crippen molar-refractivity contribution in [2.75, 3.05) is 25.4 Å². The first-order valence-electron chi connectivity index (χ1n) is 5.30. The lowest BCUT2D eigenvalue weighted by Crippen LogP contribution is -2.32. The Balaban J connectivity index is 2.70. The van der Waals surface area contributed by atoms with Gasteiger partial charge in [0.25, 0.3) is 5.91 Å². The summed E-state index contributed by atoms with van der Waals surface area (Å²) in [5, 5.41) is 8.73. The summed E-state index contributed by atoms with van der Waals surface area (Å²) in [6.45, 7) is 3.12. The third-order valence-electron chi connectivity index (χ3n) is 2.26. The molecule has 0 aliphatic carbocycles. The van der Waals surface area contributed by atoms with E-state index in [0.29, 0.717) is 30.9 Å². The first-order valence-corrected chi connectivity index (χ1v) is 5.30. The number of aliphatic hydroxyl groups is 1. The lowest BCUT2D eigenvalue weighted by Gasteiger charge is -2.19. The van der Waals surface area contributed by atoms with E-state index >= 15 is 0 Å². The van der Waals surface area contributed by atoms with E-state index in [-0.39, 0.29) is 12.5 Å². The molecule has 0 aromatic carbocycles. The Bertz CT molecular complexity index is 338. The summed E-state index contributed by atoms with van der Waals surface area (Å²) in [5.74, 6) is -0.129. The zero-order chi connectivity index (χ0) is 12.0. The van der Waals surface area contributed by atoms with Gasteiger partial charge in [-0.25, -0.2) is 4.98 Å². The van der Waals surface area contributed by atoms with E-state index in [2.05, 4.69) is 4.98 Å². The molecular weight excluding hydrogens is 206 g/mol. The van der Waals surface area contributed by atoms with Crippen LogP contribution in [0.3, 0.4) is 0 Å².